The van der Waals surface area contributed by atoms with Crippen LogP contribution in [0.1, 0.15) is 29.7 Å². The molecule has 6 nitrogen and oxygen atoms in total. The van der Waals surface area contributed by atoms with Crippen molar-refractivity contribution in [3.8, 4) is 5.75 Å². The monoisotopic (exact) mass is 486 g/mol. The highest BCUT2D eigenvalue weighted by Crippen LogP contribution is 2.44. The van der Waals surface area contributed by atoms with Crippen LogP contribution in [0.5, 0.6) is 5.75 Å². The number of ether oxygens (including phenoxy) is 1. The summed E-state index contributed by atoms with van der Waals surface area (Å²) < 4.78 is 5.72. The van der Waals surface area contributed by atoms with Crippen LogP contribution in [-0.4, -0.2) is 27.9 Å². The van der Waals surface area contributed by atoms with Gasteiger partial charge in [-0.2, -0.15) is 0 Å². The van der Waals surface area contributed by atoms with Crippen LogP contribution in [-0.2, 0) is 16.0 Å². The molecule has 0 radical (unpaired) electrons. The Balaban J connectivity index is 1.70. The van der Waals surface area contributed by atoms with E-state index in [0.717, 1.165) is 11.3 Å². The number of aromatic nitrogens is 1. The van der Waals surface area contributed by atoms with Crippen LogP contribution in [0.25, 0.3) is 5.76 Å². The number of aliphatic hydroxyl groups is 1. The molecule has 1 saturated heterocycles. The summed E-state index contributed by atoms with van der Waals surface area (Å²) in [6, 6.07) is 9.18. The van der Waals surface area contributed by atoms with Crippen molar-refractivity contribution in [2.75, 3.05) is 4.90 Å². The maximum atomic E-state index is 13.1. The lowest BCUT2D eigenvalue weighted by molar-refractivity contribution is -0.132. The Morgan fingerprint density at radius 3 is 2.72 bits per heavy atom. The van der Waals surface area contributed by atoms with Gasteiger partial charge in [0, 0.05) is 23.6 Å². The first-order chi connectivity index (χ1) is 15.3. The SMILES string of the molecule is CC1Cc2cc(/C(O)=C3\C(=O)C(=O)N(c4nccs4)C3c3ccc(Cl)c(Cl)c3)ccc2O1. The van der Waals surface area contributed by atoms with Crippen LogP contribution in [0.4, 0.5) is 5.13 Å². The molecule has 1 fully saturated rings. The van der Waals surface area contributed by atoms with Gasteiger partial charge in [0.05, 0.1) is 21.7 Å². The Morgan fingerprint density at radius 2 is 2.00 bits per heavy atom. The molecule has 32 heavy (non-hydrogen) atoms. The third-order valence-corrected chi connectivity index (χ3v) is 7.01. The number of fused-ring (bicyclic) bond motifs is 1. The normalized spacial score (nSPS) is 21.7. The van der Waals surface area contributed by atoms with Gasteiger partial charge < -0.3 is 9.84 Å². The summed E-state index contributed by atoms with van der Waals surface area (Å²) >= 11 is 13.5. The summed E-state index contributed by atoms with van der Waals surface area (Å²) in [7, 11) is 0. The van der Waals surface area contributed by atoms with Crippen LogP contribution in [0, 0.1) is 0 Å². The van der Waals surface area contributed by atoms with Crippen molar-refractivity contribution in [3.63, 3.8) is 0 Å². The standard InChI is InChI=1S/C23H16Cl2N2O4S/c1-11-8-14-9-13(3-5-17(14)31-11)20(28)18-19(12-2-4-15(24)16(25)10-12)27(22(30)21(18)29)23-26-6-7-32-23/h2-7,9-11,19,28H,8H2,1H3/b20-18+. The number of hydrogen-bond acceptors (Lipinski definition) is 6. The molecule has 1 N–H and O–H groups in total. The Labute approximate surface area is 197 Å². The molecular formula is C23H16Cl2N2O4S. The minimum absolute atomic E-state index is 0.0319. The Morgan fingerprint density at radius 1 is 1.19 bits per heavy atom. The van der Waals surface area contributed by atoms with Crippen LogP contribution < -0.4 is 9.64 Å². The second-order valence-corrected chi connectivity index (χ2v) is 9.30. The average Bonchev–Trinajstić information content (AvgIpc) is 3.47. The number of rotatable bonds is 3. The summed E-state index contributed by atoms with van der Waals surface area (Å²) in [5, 5.41) is 13.9. The Kier molecular flexibility index (Phi) is 5.20. The van der Waals surface area contributed by atoms with Crippen LogP contribution >= 0.6 is 34.5 Å². The lowest BCUT2D eigenvalue weighted by Gasteiger charge is -2.23. The fourth-order valence-corrected chi connectivity index (χ4v) is 5.06. The number of carbonyl (C=O) groups excluding carboxylic acids is 2. The van der Waals surface area contributed by atoms with Crippen molar-refractivity contribution in [1.29, 1.82) is 0 Å². The lowest BCUT2D eigenvalue weighted by atomic mass is 9.94. The second kappa shape index (κ2) is 7.92. The first-order valence-corrected chi connectivity index (χ1v) is 11.4. The topological polar surface area (TPSA) is 79.7 Å². The number of carbonyl (C=O) groups is 2. The minimum Gasteiger partial charge on any atom is -0.507 e. The number of nitrogens with zero attached hydrogens (tertiary/aromatic N) is 2. The first-order valence-electron chi connectivity index (χ1n) is 9.80. The zero-order valence-electron chi connectivity index (χ0n) is 16.7. The highest BCUT2D eigenvalue weighted by molar-refractivity contribution is 7.14. The molecule has 1 amide bonds. The van der Waals surface area contributed by atoms with Gasteiger partial charge in [-0.3, -0.25) is 14.5 Å². The molecule has 2 unspecified atom stereocenters. The summed E-state index contributed by atoms with van der Waals surface area (Å²) in [4.78, 5) is 31.7. The highest BCUT2D eigenvalue weighted by Gasteiger charge is 2.48. The van der Waals surface area contributed by atoms with E-state index in [1.165, 1.54) is 16.2 Å². The van der Waals surface area contributed by atoms with Crippen molar-refractivity contribution in [3.05, 3.63) is 80.3 Å². The largest absolute Gasteiger partial charge is 0.507 e. The van der Waals surface area contributed by atoms with E-state index in [2.05, 4.69) is 4.98 Å². The van der Waals surface area contributed by atoms with E-state index < -0.39 is 17.7 Å². The second-order valence-electron chi connectivity index (χ2n) is 7.61. The van der Waals surface area contributed by atoms with E-state index in [-0.39, 0.29) is 22.5 Å². The molecule has 5 rings (SSSR count). The minimum atomic E-state index is -0.903. The molecule has 0 aliphatic carbocycles. The number of aliphatic hydroxyl groups excluding tert-OH is 1. The van der Waals surface area contributed by atoms with Gasteiger partial charge >= 0.3 is 5.91 Å². The molecule has 2 atom stereocenters. The van der Waals surface area contributed by atoms with Crippen molar-refractivity contribution < 1.29 is 19.4 Å². The molecule has 162 valence electrons. The molecule has 3 heterocycles. The lowest BCUT2D eigenvalue weighted by Crippen LogP contribution is -2.29. The van der Waals surface area contributed by atoms with E-state index >= 15 is 0 Å². The van der Waals surface area contributed by atoms with E-state index in [9.17, 15) is 14.7 Å². The van der Waals surface area contributed by atoms with Gasteiger partial charge in [-0.05, 0) is 48.4 Å². The van der Waals surface area contributed by atoms with Crippen LogP contribution in [0.15, 0.2) is 53.5 Å². The molecule has 0 saturated carbocycles. The summed E-state index contributed by atoms with van der Waals surface area (Å²) in [6.07, 6.45) is 2.28. The molecule has 9 heteroatoms. The van der Waals surface area contributed by atoms with Crippen molar-refractivity contribution in [1.82, 2.24) is 4.98 Å². The smallest absolute Gasteiger partial charge is 0.301 e. The third kappa shape index (κ3) is 3.37. The van der Waals surface area contributed by atoms with Gasteiger partial charge in [0.1, 0.15) is 17.6 Å². The fraction of sp³-hybridized carbons (Fsp3) is 0.174. The number of hydrogen-bond donors (Lipinski definition) is 1. The van der Waals surface area contributed by atoms with Gasteiger partial charge in [-0.1, -0.05) is 29.3 Å². The Bertz CT molecular complexity index is 1290. The highest BCUT2D eigenvalue weighted by atomic mass is 35.5. The van der Waals surface area contributed by atoms with Crippen LogP contribution in [0.3, 0.4) is 0 Å². The Hall–Kier alpha value is -2.87. The maximum absolute atomic E-state index is 13.1. The van der Waals surface area contributed by atoms with Gasteiger partial charge in [0.25, 0.3) is 5.78 Å². The first kappa shape index (κ1) is 21.0. The summed E-state index contributed by atoms with van der Waals surface area (Å²) in [5.41, 5.74) is 1.87. The molecule has 3 aromatic rings. The molecule has 1 aromatic heterocycles. The van der Waals surface area contributed by atoms with Gasteiger partial charge in [0.15, 0.2) is 5.13 Å². The molecular weight excluding hydrogens is 471 g/mol. The third-order valence-electron chi connectivity index (χ3n) is 5.50. The zero-order chi connectivity index (χ0) is 22.6. The number of ketones is 1. The van der Waals surface area contributed by atoms with E-state index in [1.807, 2.05) is 6.92 Å². The summed E-state index contributed by atoms with van der Waals surface area (Å²) in [5.74, 6) is -1.08. The fourth-order valence-electron chi connectivity index (χ4n) is 4.09. The van der Waals surface area contributed by atoms with E-state index in [1.54, 1.807) is 48.0 Å². The molecule has 2 aliphatic rings. The zero-order valence-corrected chi connectivity index (χ0v) is 19.0. The number of thiazole rings is 1. The quantitative estimate of drug-likeness (QED) is 0.304. The van der Waals surface area contributed by atoms with E-state index in [4.69, 9.17) is 27.9 Å². The maximum Gasteiger partial charge on any atom is 0.301 e. The number of halogens is 2. The predicted molar refractivity (Wildman–Crippen MR) is 124 cm³/mol. The molecule has 2 aliphatic heterocycles. The number of benzene rings is 2. The van der Waals surface area contributed by atoms with Crippen molar-refractivity contribution in [2.24, 2.45) is 0 Å². The molecule has 0 spiro atoms. The van der Waals surface area contributed by atoms with Gasteiger partial charge in [-0.15, -0.1) is 11.3 Å². The van der Waals surface area contributed by atoms with Crippen molar-refractivity contribution in [2.45, 2.75) is 25.5 Å². The van der Waals surface area contributed by atoms with E-state index in [0.29, 0.717) is 27.7 Å². The number of amides is 1. The average molecular weight is 487 g/mol. The molecule has 2 aromatic carbocycles. The predicted octanol–water partition coefficient (Wildman–Crippen LogP) is 5.40. The van der Waals surface area contributed by atoms with Crippen molar-refractivity contribution >= 4 is 57.1 Å². The van der Waals surface area contributed by atoms with Gasteiger partial charge in [-0.25, -0.2) is 4.98 Å². The summed E-state index contributed by atoms with van der Waals surface area (Å²) in [6.45, 7) is 1.96. The number of anilines is 1. The number of Topliss-reactive ketones (excluding diaryl/α,β-unsaturated/α-hetero) is 1. The van der Waals surface area contributed by atoms with Crippen LogP contribution in [0.2, 0.25) is 10.0 Å². The molecule has 0 bridgehead atoms. The van der Waals surface area contributed by atoms with Gasteiger partial charge in [0.2, 0.25) is 0 Å².